The Kier molecular flexibility index (Phi) is 24.0. The lowest BCUT2D eigenvalue weighted by molar-refractivity contribution is -0.104. The number of hydrogen-bond acceptors (Lipinski definition) is 4. The number of anilines is 1. The first-order chi connectivity index (χ1) is 8.78. The van der Waals surface area contributed by atoms with Crippen molar-refractivity contribution in [3.63, 3.8) is 0 Å². The first-order valence-corrected chi connectivity index (χ1v) is 5.45. The van der Waals surface area contributed by atoms with Gasteiger partial charge in [-0.05, 0) is 18.2 Å². The second-order valence-electron chi connectivity index (χ2n) is 2.35. The highest BCUT2D eigenvalue weighted by Crippen LogP contribution is 2.15. The van der Waals surface area contributed by atoms with Crippen molar-refractivity contribution in [1.29, 1.82) is 0 Å². The van der Waals surface area contributed by atoms with E-state index in [9.17, 15) is 0 Å². The smallest absolute Gasteiger partial charge is 0.142 e. The summed E-state index contributed by atoms with van der Waals surface area (Å²) in [6.45, 7) is 9.11. The highest BCUT2D eigenvalue weighted by molar-refractivity contribution is 5.63. The maximum Gasteiger partial charge on any atom is 0.142 e. The molecule has 0 aliphatic rings. The van der Waals surface area contributed by atoms with E-state index in [1.54, 1.807) is 7.11 Å². The number of rotatable bonds is 3. The summed E-state index contributed by atoms with van der Waals surface area (Å²) in [5.41, 5.74) is 1.07. The van der Waals surface area contributed by atoms with Gasteiger partial charge in [0.15, 0.2) is 0 Å². The molecule has 4 heteroatoms. The number of ether oxygens (including phenoxy) is 1. The molecule has 0 saturated heterocycles. The van der Waals surface area contributed by atoms with Crippen molar-refractivity contribution in [2.45, 2.75) is 13.8 Å². The fourth-order valence-electron chi connectivity index (χ4n) is 0.779. The fraction of sp³-hybridized carbons (Fsp3) is 0.286. The van der Waals surface area contributed by atoms with Crippen molar-refractivity contribution in [2.75, 3.05) is 19.5 Å². The molecule has 0 radical (unpaired) electrons. The van der Waals surface area contributed by atoms with Crippen LogP contribution in [0.5, 0.6) is 5.75 Å². The third-order valence-corrected chi connectivity index (χ3v) is 1.45. The summed E-state index contributed by atoms with van der Waals surface area (Å²) >= 11 is 0. The summed E-state index contributed by atoms with van der Waals surface area (Å²) in [5.74, 6) is 0.881. The van der Waals surface area contributed by atoms with Gasteiger partial charge in [0.2, 0.25) is 0 Å². The minimum Gasteiger partial charge on any atom is -0.497 e. The molecule has 4 nitrogen and oxygen atoms in total. The van der Waals surface area contributed by atoms with Gasteiger partial charge in [0.05, 0.1) is 7.11 Å². The summed E-state index contributed by atoms with van der Waals surface area (Å²) in [6.07, 6.45) is 1.83. The van der Waals surface area contributed by atoms with E-state index in [0.717, 1.165) is 11.4 Å². The Balaban J connectivity index is -0.000000238. The third kappa shape index (κ3) is 13.9. The van der Waals surface area contributed by atoms with Crippen LogP contribution in [0.3, 0.4) is 0 Å². The minimum atomic E-state index is 0.639. The number of aldehydes is 1. The Bertz CT molecular complexity index is 276. The predicted molar refractivity (Wildman–Crippen MR) is 77.3 cm³/mol. The van der Waals surface area contributed by atoms with E-state index in [-0.39, 0.29) is 0 Å². The van der Waals surface area contributed by atoms with E-state index in [1.165, 1.54) is 6.08 Å². The van der Waals surface area contributed by atoms with Crippen LogP contribution in [0, 0.1) is 0 Å². The van der Waals surface area contributed by atoms with Crippen molar-refractivity contribution < 1.29 is 14.3 Å². The molecule has 0 aliphatic heterocycles. The van der Waals surface area contributed by atoms with Crippen molar-refractivity contribution in [3.05, 3.63) is 36.9 Å². The molecule has 18 heavy (non-hydrogen) atoms. The summed E-state index contributed by atoms with van der Waals surface area (Å²) in [5, 5.41) is 3.02. The number of benzene rings is 1. The van der Waals surface area contributed by atoms with Gasteiger partial charge in [-0.15, -0.1) is 0 Å². The van der Waals surface area contributed by atoms with Gasteiger partial charge in [-0.2, -0.15) is 0 Å². The monoisotopic (exact) mass is 253 g/mol. The van der Waals surface area contributed by atoms with Gasteiger partial charge < -0.3 is 14.8 Å². The number of carbonyl (C=O) groups is 2. The Morgan fingerprint density at radius 2 is 1.78 bits per heavy atom. The van der Waals surface area contributed by atoms with Gasteiger partial charge in [0.25, 0.3) is 0 Å². The van der Waals surface area contributed by atoms with Crippen LogP contribution in [0.2, 0.25) is 0 Å². The van der Waals surface area contributed by atoms with E-state index in [0.29, 0.717) is 6.29 Å². The second-order valence-corrected chi connectivity index (χ2v) is 2.35. The molecule has 0 amide bonds. The standard InChI is InChI=1S/C8H11NO.C3H4O.C2H6.CH2O/c1-9-7-4-3-5-8(6-7)10-2;1-2-3-4;2*1-2/h3-6,9H,1-2H3;2-3H,1H2;1-2H3;1H2. The first-order valence-electron chi connectivity index (χ1n) is 5.45. The van der Waals surface area contributed by atoms with E-state index in [2.05, 4.69) is 11.9 Å². The third-order valence-electron chi connectivity index (χ3n) is 1.45. The zero-order chi connectivity index (χ0) is 14.8. The Morgan fingerprint density at radius 3 is 2.11 bits per heavy atom. The van der Waals surface area contributed by atoms with Crippen LogP contribution in [0.25, 0.3) is 0 Å². The van der Waals surface area contributed by atoms with Crippen LogP contribution >= 0.6 is 0 Å². The van der Waals surface area contributed by atoms with Gasteiger partial charge in [0, 0.05) is 18.8 Å². The Labute approximate surface area is 110 Å². The van der Waals surface area contributed by atoms with Crippen LogP contribution < -0.4 is 10.1 Å². The maximum absolute atomic E-state index is 9.06. The topological polar surface area (TPSA) is 55.4 Å². The van der Waals surface area contributed by atoms with Crippen LogP contribution in [0.4, 0.5) is 5.69 Å². The summed E-state index contributed by atoms with van der Waals surface area (Å²) in [7, 11) is 3.55. The van der Waals surface area contributed by atoms with Gasteiger partial charge in [-0.25, -0.2) is 0 Å². The molecule has 1 aromatic rings. The average Bonchev–Trinajstić information content (AvgIpc) is 2.51. The summed E-state index contributed by atoms with van der Waals surface area (Å²) in [4.78, 5) is 17.1. The van der Waals surface area contributed by atoms with Crippen molar-refractivity contribution in [2.24, 2.45) is 0 Å². The molecule has 0 atom stereocenters. The zero-order valence-electron chi connectivity index (χ0n) is 11.6. The van der Waals surface area contributed by atoms with Crippen molar-refractivity contribution in [3.8, 4) is 5.75 Å². The van der Waals surface area contributed by atoms with Crippen LogP contribution in [-0.4, -0.2) is 27.2 Å². The molecule has 0 saturated carbocycles. The number of allylic oxidation sites excluding steroid dienone is 1. The highest BCUT2D eigenvalue weighted by Gasteiger charge is 1.89. The first kappa shape index (κ1) is 21.2. The molecule has 0 heterocycles. The highest BCUT2D eigenvalue weighted by atomic mass is 16.5. The van der Waals surface area contributed by atoms with Gasteiger partial charge in [0.1, 0.15) is 18.8 Å². The molecule has 1 N–H and O–H groups in total. The molecule has 0 unspecified atom stereocenters. The normalized spacial score (nSPS) is 6.67. The number of nitrogens with one attached hydrogen (secondary N) is 1. The molecular weight excluding hydrogens is 230 g/mol. The summed E-state index contributed by atoms with van der Waals surface area (Å²) < 4.78 is 5.02. The molecule has 0 aliphatic carbocycles. The van der Waals surface area contributed by atoms with Gasteiger partial charge >= 0.3 is 0 Å². The van der Waals surface area contributed by atoms with E-state index in [4.69, 9.17) is 14.3 Å². The quantitative estimate of drug-likeness (QED) is 0.664. The molecule has 1 rings (SSSR count). The van der Waals surface area contributed by atoms with Crippen molar-refractivity contribution >= 4 is 18.8 Å². The van der Waals surface area contributed by atoms with Crippen molar-refractivity contribution in [1.82, 2.24) is 0 Å². The molecule has 0 aromatic heterocycles. The lowest BCUT2D eigenvalue weighted by atomic mass is 10.3. The van der Waals surface area contributed by atoms with Gasteiger partial charge in [-0.1, -0.05) is 26.5 Å². The Morgan fingerprint density at radius 1 is 1.28 bits per heavy atom. The number of carbonyl (C=O) groups excluding carboxylic acids is 2. The largest absolute Gasteiger partial charge is 0.497 e. The zero-order valence-corrected chi connectivity index (χ0v) is 11.6. The fourth-order valence-corrected chi connectivity index (χ4v) is 0.779. The van der Waals surface area contributed by atoms with Crippen LogP contribution in [0.15, 0.2) is 36.9 Å². The van der Waals surface area contributed by atoms with E-state index < -0.39 is 0 Å². The maximum atomic E-state index is 9.06. The summed E-state index contributed by atoms with van der Waals surface area (Å²) in [6, 6.07) is 7.80. The number of methoxy groups -OCH3 is 1. The van der Waals surface area contributed by atoms with E-state index in [1.807, 2.05) is 51.9 Å². The van der Waals surface area contributed by atoms with Gasteiger partial charge in [-0.3, -0.25) is 4.79 Å². The molecule has 1 aromatic carbocycles. The second kappa shape index (κ2) is 20.3. The SMILES string of the molecule is C=CC=O.C=O.CC.CNc1cccc(OC)c1. The van der Waals surface area contributed by atoms with Crippen LogP contribution in [0.1, 0.15) is 13.8 Å². The van der Waals surface area contributed by atoms with E-state index >= 15 is 0 Å². The number of hydrogen-bond donors (Lipinski definition) is 1. The molecule has 0 spiro atoms. The molecular formula is C14H23NO3. The minimum absolute atomic E-state index is 0.639. The Hall–Kier alpha value is -2.10. The average molecular weight is 253 g/mol. The lowest BCUT2D eigenvalue weighted by Crippen LogP contribution is -1.88. The molecule has 0 fully saturated rings. The lowest BCUT2D eigenvalue weighted by Gasteiger charge is -2.01. The molecule has 102 valence electrons. The molecule has 0 bridgehead atoms. The van der Waals surface area contributed by atoms with Crippen LogP contribution in [-0.2, 0) is 9.59 Å². The predicted octanol–water partition coefficient (Wildman–Crippen LogP) is 2.95.